The van der Waals surface area contributed by atoms with Gasteiger partial charge in [0, 0.05) is 12.0 Å². The first-order valence-corrected chi connectivity index (χ1v) is 4.49. The smallest absolute Gasteiger partial charge is 0.335 e. The van der Waals surface area contributed by atoms with Crippen molar-refractivity contribution in [2.75, 3.05) is 7.11 Å². The first-order chi connectivity index (χ1) is 7.17. The Hall–Kier alpha value is -1.79. The van der Waals surface area contributed by atoms with Crippen molar-refractivity contribution in [3.05, 3.63) is 35.4 Å². The van der Waals surface area contributed by atoms with E-state index in [4.69, 9.17) is 6.42 Å². The molecule has 1 aromatic rings. The van der Waals surface area contributed by atoms with Gasteiger partial charge in [-0.3, -0.25) is 0 Å². The van der Waals surface area contributed by atoms with Crippen LogP contribution < -0.4 is 0 Å². The average molecular weight is 204 g/mol. The highest BCUT2D eigenvalue weighted by Crippen LogP contribution is 2.07. The van der Waals surface area contributed by atoms with E-state index in [0.717, 1.165) is 11.1 Å². The Morgan fingerprint density at radius 1 is 1.67 bits per heavy atom. The minimum Gasteiger partial charge on any atom is -0.467 e. The lowest BCUT2D eigenvalue weighted by atomic mass is 10.1. The lowest BCUT2D eigenvalue weighted by molar-refractivity contribution is -0.150. The SMILES string of the molecule is C#Cc1cccc(CC(O)C(=O)OC)c1. The molecule has 1 rings (SSSR count). The molecule has 0 amide bonds. The molecule has 0 spiro atoms. The van der Waals surface area contributed by atoms with Gasteiger partial charge in [-0.05, 0) is 17.7 Å². The molecule has 0 radical (unpaired) electrons. The van der Waals surface area contributed by atoms with Crippen LogP contribution in [-0.4, -0.2) is 24.3 Å². The molecular formula is C12H12O3. The number of rotatable bonds is 3. The van der Waals surface area contributed by atoms with Gasteiger partial charge < -0.3 is 9.84 Å². The van der Waals surface area contributed by atoms with Gasteiger partial charge in [-0.1, -0.05) is 18.1 Å². The van der Waals surface area contributed by atoms with Crippen molar-refractivity contribution < 1.29 is 14.6 Å². The van der Waals surface area contributed by atoms with Gasteiger partial charge in [0.05, 0.1) is 7.11 Å². The van der Waals surface area contributed by atoms with E-state index < -0.39 is 12.1 Å². The van der Waals surface area contributed by atoms with Crippen molar-refractivity contribution in [2.45, 2.75) is 12.5 Å². The van der Waals surface area contributed by atoms with E-state index in [1.165, 1.54) is 7.11 Å². The van der Waals surface area contributed by atoms with Crippen LogP contribution in [0, 0.1) is 12.3 Å². The summed E-state index contributed by atoms with van der Waals surface area (Å²) in [5.41, 5.74) is 1.54. The van der Waals surface area contributed by atoms with Crippen molar-refractivity contribution in [1.29, 1.82) is 0 Å². The number of hydrogen-bond acceptors (Lipinski definition) is 3. The van der Waals surface area contributed by atoms with Crippen LogP contribution in [0.3, 0.4) is 0 Å². The molecule has 78 valence electrons. The molecule has 0 saturated heterocycles. The first kappa shape index (κ1) is 11.3. The number of esters is 1. The molecule has 1 N–H and O–H groups in total. The van der Waals surface area contributed by atoms with E-state index >= 15 is 0 Å². The summed E-state index contributed by atoms with van der Waals surface area (Å²) in [5.74, 6) is 1.85. The second-order valence-corrected chi connectivity index (χ2v) is 3.09. The van der Waals surface area contributed by atoms with E-state index in [-0.39, 0.29) is 6.42 Å². The van der Waals surface area contributed by atoms with Gasteiger partial charge in [-0.15, -0.1) is 6.42 Å². The summed E-state index contributed by atoms with van der Waals surface area (Å²) in [6, 6.07) is 7.13. The summed E-state index contributed by atoms with van der Waals surface area (Å²) >= 11 is 0. The molecule has 0 bridgehead atoms. The molecule has 1 aromatic carbocycles. The summed E-state index contributed by atoms with van der Waals surface area (Å²) in [6.45, 7) is 0. The van der Waals surface area contributed by atoms with Crippen LogP contribution in [0.5, 0.6) is 0 Å². The molecule has 0 aliphatic rings. The van der Waals surface area contributed by atoms with E-state index in [0.29, 0.717) is 0 Å². The van der Waals surface area contributed by atoms with Crippen LogP contribution in [0.25, 0.3) is 0 Å². The predicted octanol–water partition coefficient (Wildman–Crippen LogP) is 0.744. The fourth-order valence-corrected chi connectivity index (χ4v) is 1.23. The number of hydrogen-bond donors (Lipinski definition) is 1. The Balaban J connectivity index is 2.73. The quantitative estimate of drug-likeness (QED) is 0.583. The predicted molar refractivity (Wildman–Crippen MR) is 56.1 cm³/mol. The average Bonchev–Trinajstić information content (AvgIpc) is 2.28. The zero-order valence-corrected chi connectivity index (χ0v) is 8.43. The Morgan fingerprint density at radius 3 is 3.00 bits per heavy atom. The highest BCUT2D eigenvalue weighted by molar-refractivity contribution is 5.74. The molecule has 0 heterocycles. The third-order valence-corrected chi connectivity index (χ3v) is 2.00. The summed E-state index contributed by atoms with van der Waals surface area (Å²) in [6.07, 6.45) is 4.31. The fourth-order valence-electron chi connectivity index (χ4n) is 1.23. The summed E-state index contributed by atoms with van der Waals surface area (Å²) in [7, 11) is 1.24. The number of methoxy groups -OCH3 is 1. The molecule has 0 aliphatic heterocycles. The fraction of sp³-hybridized carbons (Fsp3) is 0.250. The molecule has 0 aliphatic carbocycles. The second kappa shape index (κ2) is 5.18. The topological polar surface area (TPSA) is 46.5 Å². The van der Waals surface area contributed by atoms with Crippen LogP contribution in [0.4, 0.5) is 0 Å². The van der Waals surface area contributed by atoms with E-state index in [1.807, 2.05) is 0 Å². The first-order valence-electron chi connectivity index (χ1n) is 4.49. The van der Waals surface area contributed by atoms with Gasteiger partial charge in [-0.25, -0.2) is 4.79 Å². The number of aliphatic hydroxyl groups is 1. The van der Waals surface area contributed by atoms with Crippen molar-refractivity contribution in [2.24, 2.45) is 0 Å². The Labute approximate surface area is 88.7 Å². The molecule has 3 nitrogen and oxygen atoms in total. The van der Waals surface area contributed by atoms with Crippen molar-refractivity contribution in [3.63, 3.8) is 0 Å². The van der Waals surface area contributed by atoms with E-state index in [1.54, 1.807) is 24.3 Å². The number of carbonyl (C=O) groups excluding carboxylic acids is 1. The number of terminal acetylenes is 1. The molecule has 3 heteroatoms. The maximum absolute atomic E-state index is 11.0. The number of aliphatic hydroxyl groups excluding tert-OH is 1. The molecule has 15 heavy (non-hydrogen) atoms. The largest absolute Gasteiger partial charge is 0.467 e. The van der Waals surface area contributed by atoms with Crippen molar-refractivity contribution in [3.8, 4) is 12.3 Å². The number of carbonyl (C=O) groups is 1. The highest BCUT2D eigenvalue weighted by atomic mass is 16.5. The van der Waals surface area contributed by atoms with Gasteiger partial charge in [0.1, 0.15) is 0 Å². The van der Waals surface area contributed by atoms with Gasteiger partial charge in [-0.2, -0.15) is 0 Å². The van der Waals surface area contributed by atoms with Crippen molar-refractivity contribution >= 4 is 5.97 Å². The van der Waals surface area contributed by atoms with Gasteiger partial charge in [0.25, 0.3) is 0 Å². The third kappa shape index (κ3) is 3.12. The standard InChI is InChI=1S/C12H12O3/c1-3-9-5-4-6-10(7-9)8-11(13)12(14)15-2/h1,4-7,11,13H,8H2,2H3. The van der Waals surface area contributed by atoms with Crippen LogP contribution in [-0.2, 0) is 16.0 Å². The Bertz CT molecular complexity index is 390. The summed E-state index contributed by atoms with van der Waals surface area (Å²) in [4.78, 5) is 11.0. The van der Waals surface area contributed by atoms with Crippen molar-refractivity contribution in [1.82, 2.24) is 0 Å². The normalized spacial score (nSPS) is 11.5. The third-order valence-electron chi connectivity index (χ3n) is 2.00. The minimum atomic E-state index is -1.14. The zero-order chi connectivity index (χ0) is 11.3. The van der Waals surface area contributed by atoms with Gasteiger partial charge >= 0.3 is 5.97 Å². The second-order valence-electron chi connectivity index (χ2n) is 3.09. The van der Waals surface area contributed by atoms with Crippen LogP contribution in [0.1, 0.15) is 11.1 Å². The molecule has 1 atom stereocenters. The van der Waals surface area contributed by atoms with E-state index in [9.17, 15) is 9.90 Å². The summed E-state index contributed by atoms with van der Waals surface area (Å²) < 4.78 is 4.41. The molecular weight excluding hydrogens is 192 g/mol. The molecule has 0 fully saturated rings. The van der Waals surface area contributed by atoms with Crippen LogP contribution >= 0.6 is 0 Å². The highest BCUT2D eigenvalue weighted by Gasteiger charge is 2.15. The van der Waals surface area contributed by atoms with Gasteiger partial charge in [0.2, 0.25) is 0 Å². The molecule has 0 aromatic heterocycles. The lowest BCUT2D eigenvalue weighted by Crippen LogP contribution is -2.24. The molecule has 0 saturated carbocycles. The monoisotopic (exact) mass is 204 g/mol. The Kier molecular flexibility index (Phi) is 3.90. The number of ether oxygens (including phenoxy) is 1. The molecule has 1 unspecified atom stereocenters. The lowest BCUT2D eigenvalue weighted by Gasteiger charge is -2.08. The van der Waals surface area contributed by atoms with Crippen LogP contribution in [0.2, 0.25) is 0 Å². The number of benzene rings is 1. The Morgan fingerprint density at radius 2 is 2.40 bits per heavy atom. The maximum Gasteiger partial charge on any atom is 0.335 e. The van der Waals surface area contributed by atoms with Gasteiger partial charge in [0.15, 0.2) is 6.10 Å². The minimum absolute atomic E-state index is 0.211. The van der Waals surface area contributed by atoms with E-state index in [2.05, 4.69) is 10.7 Å². The maximum atomic E-state index is 11.0. The van der Waals surface area contributed by atoms with Crippen LogP contribution in [0.15, 0.2) is 24.3 Å². The zero-order valence-electron chi connectivity index (χ0n) is 8.43. The summed E-state index contributed by atoms with van der Waals surface area (Å²) in [5, 5.41) is 9.41.